The third-order valence-electron chi connectivity index (χ3n) is 5.74. The maximum atomic E-state index is 11.2. The number of non-ortho nitro benzene ring substituents is 1. The van der Waals surface area contributed by atoms with Gasteiger partial charge in [0.1, 0.15) is 5.69 Å². The zero-order valence-corrected chi connectivity index (χ0v) is 15.1. The van der Waals surface area contributed by atoms with Gasteiger partial charge in [0.25, 0.3) is 5.69 Å². The van der Waals surface area contributed by atoms with E-state index >= 15 is 0 Å². The predicted molar refractivity (Wildman–Crippen MR) is 99.2 cm³/mol. The molecule has 0 heterocycles. The molecule has 2 fully saturated rings. The number of nitrogens with zero attached hydrogens (tertiary/aromatic N) is 3. The molecule has 1 aromatic carbocycles. The Labute approximate surface area is 151 Å². The average Bonchev–Trinajstić information content (AvgIpc) is 3.14. The molecular formula is C18H22N4O4. The maximum Gasteiger partial charge on any atom is 0.301 e. The first-order chi connectivity index (χ1) is 12.2. The van der Waals surface area contributed by atoms with Gasteiger partial charge in [-0.05, 0) is 55.6 Å². The zero-order chi connectivity index (χ0) is 19.1. The molecule has 0 saturated heterocycles. The van der Waals surface area contributed by atoms with Gasteiger partial charge in [-0.3, -0.25) is 25.7 Å². The van der Waals surface area contributed by atoms with Crippen molar-refractivity contribution in [3.05, 3.63) is 50.1 Å². The second-order valence-electron chi connectivity index (χ2n) is 7.61. The Morgan fingerprint density at radius 2 is 2.00 bits per heavy atom. The molecule has 8 nitrogen and oxygen atoms in total. The molecule has 0 spiro atoms. The molecule has 0 radical (unpaired) electrons. The molecule has 2 atom stereocenters. The van der Waals surface area contributed by atoms with E-state index in [0.717, 1.165) is 17.7 Å². The smallest absolute Gasteiger partial charge is 0.271 e. The lowest BCUT2D eigenvalue weighted by atomic mass is 9.72. The van der Waals surface area contributed by atoms with Crippen LogP contribution in [0.1, 0.15) is 40.0 Å². The average molecular weight is 358 g/mol. The highest BCUT2D eigenvalue weighted by Gasteiger charge is 2.48. The lowest BCUT2D eigenvalue weighted by Gasteiger charge is -2.32. The molecule has 2 saturated carbocycles. The van der Waals surface area contributed by atoms with Gasteiger partial charge in [0.15, 0.2) is 0 Å². The van der Waals surface area contributed by atoms with Crippen molar-refractivity contribution in [3.8, 4) is 0 Å². The molecule has 0 aliphatic heterocycles. The monoisotopic (exact) mass is 358 g/mol. The van der Waals surface area contributed by atoms with Crippen LogP contribution in [0, 0.1) is 37.5 Å². The SMILES string of the molecule is CC(/C=C1/[C@@H]2CC[C@@H](C2)C1(C)C)=N\Nc1ccc([N+](=O)[O-])cc1[N+](=O)[O-]. The number of nitro groups is 2. The molecule has 0 unspecified atom stereocenters. The fourth-order valence-corrected chi connectivity index (χ4v) is 4.27. The maximum absolute atomic E-state index is 11.2. The second kappa shape index (κ2) is 6.51. The number of nitrogens with one attached hydrogen (secondary N) is 1. The van der Waals surface area contributed by atoms with Crippen LogP contribution in [0.4, 0.5) is 17.1 Å². The van der Waals surface area contributed by atoms with Gasteiger partial charge < -0.3 is 0 Å². The van der Waals surface area contributed by atoms with Gasteiger partial charge in [-0.15, -0.1) is 0 Å². The van der Waals surface area contributed by atoms with Crippen LogP contribution in [0.5, 0.6) is 0 Å². The van der Waals surface area contributed by atoms with Crippen molar-refractivity contribution in [2.75, 3.05) is 5.43 Å². The largest absolute Gasteiger partial charge is 0.301 e. The fraction of sp³-hybridized carbons (Fsp3) is 0.500. The van der Waals surface area contributed by atoms with Crippen molar-refractivity contribution in [2.24, 2.45) is 22.4 Å². The predicted octanol–water partition coefficient (Wildman–Crippen LogP) is 4.67. The topological polar surface area (TPSA) is 111 Å². The molecule has 3 rings (SSSR count). The Balaban J connectivity index is 1.83. The number of allylic oxidation sites excluding steroid dienone is 2. The van der Waals surface area contributed by atoms with E-state index in [9.17, 15) is 20.2 Å². The summed E-state index contributed by atoms with van der Waals surface area (Å²) >= 11 is 0. The third kappa shape index (κ3) is 3.18. The molecule has 1 aromatic rings. The molecule has 8 heteroatoms. The van der Waals surface area contributed by atoms with Crippen molar-refractivity contribution < 1.29 is 9.85 Å². The molecule has 2 bridgehead atoms. The highest BCUT2D eigenvalue weighted by atomic mass is 16.6. The van der Waals surface area contributed by atoms with Crippen molar-refractivity contribution >= 4 is 22.8 Å². The van der Waals surface area contributed by atoms with E-state index in [-0.39, 0.29) is 22.5 Å². The van der Waals surface area contributed by atoms with Crippen LogP contribution in [-0.4, -0.2) is 15.6 Å². The molecule has 26 heavy (non-hydrogen) atoms. The first-order valence-electron chi connectivity index (χ1n) is 8.65. The zero-order valence-electron chi connectivity index (χ0n) is 15.1. The van der Waals surface area contributed by atoms with Crippen LogP contribution in [0.2, 0.25) is 0 Å². The van der Waals surface area contributed by atoms with Crippen molar-refractivity contribution in [1.82, 2.24) is 0 Å². The lowest BCUT2D eigenvalue weighted by molar-refractivity contribution is -0.393. The summed E-state index contributed by atoms with van der Waals surface area (Å²) in [5.74, 6) is 1.32. The lowest BCUT2D eigenvalue weighted by Crippen LogP contribution is -2.23. The van der Waals surface area contributed by atoms with Crippen LogP contribution in [0.25, 0.3) is 0 Å². The highest BCUT2D eigenvalue weighted by Crippen LogP contribution is 2.58. The molecule has 138 valence electrons. The van der Waals surface area contributed by atoms with Crippen molar-refractivity contribution in [3.63, 3.8) is 0 Å². The standard InChI is InChI=1S/C18H22N4O4/c1-11(8-15-12-4-5-13(9-12)18(15,2)3)19-20-16-7-6-14(21(23)24)10-17(16)22(25)26/h6-8,10,12-13,20H,4-5,9H2,1-3H3/b15-8-,19-11+/t12-,13+/m1/s1. The summed E-state index contributed by atoms with van der Waals surface area (Å²) in [5.41, 5.74) is 4.41. The normalized spacial score (nSPS) is 25.5. The summed E-state index contributed by atoms with van der Waals surface area (Å²) in [6.07, 6.45) is 5.80. The van der Waals surface area contributed by atoms with Crippen LogP contribution < -0.4 is 5.43 Å². The van der Waals surface area contributed by atoms with Gasteiger partial charge in [-0.25, -0.2) is 0 Å². The summed E-state index contributed by atoms with van der Waals surface area (Å²) in [7, 11) is 0. The second-order valence-corrected chi connectivity index (χ2v) is 7.61. The van der Waals surface area contributed by atoms with Gasteiger partial charge >= 0.3 is 5.69 Å². The quantitative estimate of drug-likeness (QED) is 0.467. The Bertz CT molecular complexity index is 828. The minimum Gasteiger partial charge on any atom is -0.271 e. The summed E-state index contributed by atoms with van der Waals surface area (Å²) in [4.78, 5) is 20.7. The fourth-order valence-electron chi connectivity index (χ4n) is 4.27. The van der Waals surface area contributed by atoms with Crippen LogP contribution in [0.15, 0.2) is 34.9 Å². The molecule has 2 aliphatic carbocycles. The van der Waals surface area contributed by atoms with Crippen molar-refractivity contribution in [2.45, 2.75) is 40.0 Å². The van der Waals surface area contributed by atoms with E-state index in [2.05, 4.69) is 30.5 Å². The summed E-state index contributed by atoms with van der Waals surface area (Å²) in [6.45, 7) is 6.38. The Morgan fingerprint density at radius 1 is 1.27 bits per heavy atom. The van der Waals surface area contributed by atoms with Gasteiger partial charge in [-0.1, -0.05) is 19.4 Å². The number of rotatable bonds is 5. The molecule has 0 amide bonds. The summed E-state index contributed by atoms with van der Waals surface area (Å²) < 4.78 is 0. The number of hydrogen-bond donors (Lipinski definition) is 1. The minimum absolute atomic E-state index is 0.130. The number of hydrazone groups is 1. The van der Waals surface area contributed by atoms with E-state index in [1.807, 2.05) is 6.92 Å². The summed E-state index contributed by atoms with van der Waals surface area (Å²) in [6, 6.07) is 3.46. The number of anilines is 1. The van der Waals surface area contributed by atoms with Gasteiger partial charge in [0.2, 0.25) is 0 Å². The molecule has 2 aliphatic rings. The van der Waals surface area contributed by atoms with Crippen LogP contribution in [-0.2, 0) is 0 Å². The minimum atomic E-state index is -0.660. The highest BCUT2D eigenvalue weighted by molar-refractivity contribution is 5.94. The van der Waals surface area contributed by atoms with E-state index in [1.165, 1.54) is 37.0 Å². The van der Waals surface area contributed by atoms with Crippen LogP contribution in [0.3, 0.4) is 0 Å². The number of fused-ring (bicyclic) bond motifs is 2. The number of nitro benzene ring substituents is 2. The van der Waals surface area contributed by atoms with E-state index < -0.39 is 9.85 Å². The van der Waals surface area contributed by atoms with Crippen LogP contribution >= 0.6 is 0 Å². The number of hydrogen-bond acceptors (Lipinski definition) is 6. The third-order valence-corrected chi connectivity index (χ3v) is 5.74. The Kier molecular flexibility index (Phi) is 4.52. The Morgan fingerprint density at radius 3 is 2.58 bits per heavy atom. The number of benzene rings is 1. The van der Waals surface area contributed by atoms with E-state index in [0.29, 0.717) is 5.92 Å². The van der Waals surface area contributed by atoms with E-state index in [1.54, 1.807) is 0 Å². The van der Waals surface area contributed by atoms with Crippen molar-refractivity contribution in [1.29, 1.82) is 0 Å². The first-order valence-corrected chi connectivity index (χ1v) is 8.65. The van der Waals surface area contributed by atoms with E-state index in [4.69, 9.17) is 0 Å². The molecule has 1 N–H and O–H groups in total. The van der Waals surface area contributed by atoms with Gasteiger partial charge in [-0.2, -0.15) is 5.10 Å². The molecular weight excluding hydrogens is 336 g/mol. The Hall–Kier alpha value is -2.77. The van der Waals surface area contributed by atoms with Gasteiger partial charge in [0.05, 0.1) is 21.6 Å². The first kappa shape index (κ1) is 18.0. The molecule has 0 aromatic heterocycles. The van der Waals surface area contributed by atoms with Gasteiger partial charge in [0, 0.05) is 6.07 Å². The summed E-state index contributed by atoms with van der Waals surface area (Å²) in [5, 5.41) is 26.2.